The number of hydrogen-bond donors (Lipinski definition) is 0. The molecular weight excluding hydrogens is 358 g/mol. The van der Waals surface area contributed by atoms with Gasteiger partial charge in [0.1, 0.15) is 0 Å². The van der Waals surface area contributed by atoms with Crippen molar-refractivity contribution in [2.75, 3.05) is 31.1 Å². The molecule has 27 heavy (non-hydrogen) atoms. The van der Waals surface area contributed by atoms with E-state index in [2.05, 4.69) is 36.1 Å². The van der Waals surface area contributed by atoms with Gasteiger partial charge in [0.05, 0.1) is 10.9 Å². The summed E-state index contributed by atoms with van der Waals surface area (Å²) in [4.78, 5) is 30.9. The molecule has 0 atom stereocenters. The van der Waals surface area contributed by atoms with Crippen molar-refractivity contribution in [1.29, 1.82) is 0 Å². The third kappa shape index (κ3) is 3.14. The van der Waals surface area contributed by atoms with Crippen LogP contribution in [-0.4, -0.2) is 41.6 Å². The average Bonchev–Trinajstić information content (AvgIpc) is 3.01. The first-order valence-corrected chi connectivity index (χ1v) is 9.97. The van der Waals surface area contributed by atoms with Gasteiger partial charge in [-0.25, -0.2) is 0 Å². The van der Waals surface area contributed by atoms with Gasteiger partial charge in [-0.05, 0) is 37.6 Å². The van der Waals surface area contributed by atoms with Crippen LogP contribution in [0.2, 0.25) is 0 Å². The Hall–Kier alpha value is -2.60. The minimum Gasteiger partial charge on any atom is -0.368 e. The quantitative estimate of drug-likeness (QED) is 0.685. The number of thiophene rings is 1. The van der Waals surface area contributed by atoms with Crippen molar-refractivity contribution in [3.05, 3.63) is 62.9 Å². The molecule has 0 radical (unpaired) electrons. The summed E-state index contributed by atoms with van der Waals surface area (Å²) in [5.41, 5.74) is 2.93. The van der Waals surface area contributed by atoms with Gasteiger partial charge in [0, 0.05) is 54.7 Å². The lowest BCUT2D eigenvalue weighted by Crippen LogP contribution is -2.49. The maximum atomic E-state index is 13.2. The van der Waals surface area contributed by atoms with Crippen molar-refractivity contribution in [2.45, 2.75) is 13.8 Å². The minimum absolute atomic E-state index is 0.0223. The molecule has 1 fully saturated rings. The van der Waals surface area contributed by atoms with E-state index < -0.39 is 0 Å². The van der Waals surface area contributed by atoms with Crippen LogP contribution in [0.15, 0.2) is 41.3 Å². The topological polar surface area (TPSA) is 45.5 Å². The number of nitrogens with zero attached hydrogens (tertiary/aromatic N) is 3. The summed E-state index contributed by atoms with van der Waals surface area (Å²) in [7, 11) is 1.73. The van der Waals surface area contributed by atoms with E-state index in [1.54, 1.807) is 17.8 Å². The highest BCUT2D eigenvalue weighted by molar-refractivity contribution is 7.19. The van der Waals surface area contributed by atoms with E-state index in [4.69, 9.17) is 0 Å². The number of carbonyl (C=O) groups excluding carboxylic acids is 1. The zero-order chi connectivity index (χ0) is 19.1. The Morgan fingerprint density at radius 2 is 1.81 bits per heavy atom. The summed E-state index contributed by atoms with van der Waals surface area (Å²) in [5.74, 6) is -0.0223. The van der Waals surface area contributed by atoms with Gasteiger partial charge in [-0.2, -0.15) is 0 Å². The molecule has 1 amide bonds. The zero-order valence-electron chi connectivity index (χ0n) is 15.9. The first kappa shape index (κ1) is 17.8. The lowest BCUT2D eigenvalue weighted by atomic mass is 10.1. The van der Waals surface area contributed by atoms with Crippen LogP contribution in [0.5, 0.6) is 0 Å². The predicted molar refractivity (Wildman–Crippen MR) is 111 cm³/mol. The smallest absolute Gasteiger partial charge is 0.259 e. The SMILES string of the molecule is Cc1cccc(N2CCN(C(=O)c3c(C)sc4ccn(C)c(=O)c34)CC2)c1. The lowest BCUT2D eigenvalue weighted by Gasteiger charge is -2.36. The zero-order valence-corrected chi connectivity index (χ0v) is 16.7. The maximum absolute atomic E-state index is 13.2. The number of benzene rings is 1. The van der Waals surface area contributed by atoms with E-state index in [1.807, 2.05) is 17.9 Å². The molecule has 0 saturated carbocycles. The second-order valence-corrected chi connectivity index (χ2v) is 8.38. The van der Waals surface area contributed by atoms with Gasteiger partial charge in [0.2, 0.25) is 0 Å². The van der Waals surface area contributed by atoms with Crippen LogP contribution in [0.3, 0.4) is 0 Å². The van der Waals surface area contributed by atoms with Gasteiger partial charge in [0.15, 0.2) is 0 Å². The van der Waals surface area contributed by atoms with Crippen LogP contribution < -0.4 is 10.5 Å². The molecule has 4 rings (SSSR count). The van der Waals surface area contributed by atoms with Crippen molar-refractivity contribution in [2.24, 2.45) is 7.05 Å². The van der Waals surface area contributed by atoms with Gasteiger partial charge < -0.3 is 14.4 Å². The molecule has 140 valence electrons. The molecule has 1 aromatic carbocycles. The Kier molecular flexibility index (Phi) is 4.52. The number of carbonyl (C=O) groups is 1. The first-order valence-electron chi connectivity index (χ1n) is 9.15. The summed E-state index contributed by atoms with van der Waals surface area (Å²) < 4.78 is 2.43. The van der Waals surface area contributed by atoms with E-state index in [9.17, 15) is 9.59 Å². The molecule has 0 spiro atoms. The van der Waals surface area contributed by atoms with E-state index in [1.165, 1.54) is 22.6 Å². The Morgan fingerprint density at radius 3 is 2.52 bits per heavy atom. The molecule has 5 nitrogen and oxygen atoms in total. The molecule has 0 N–H and O–H groups in total. The maximum Gasteiger partial charge on any atom is 0.259 e. The molecule has 1 aliphatic rings. The summed E-state index contributed by atoms with van der Waals surface area (Å²) in [6.07, 6.45) is 1.76. The van der Waals surface area contributed by atoms with Gasteiger partial charge in [-0.3, -0.25) is 9.59 Å². The predicted octanol–water partition coefficient (Wildman–Crippen LogP) is 3.18. The number of anilines is 1. The fourth-order valence-corrected chi connectivity index (χ4v) is 4.77. The van der Waals surface area contributed by atoms with Gasteiger partial charge in [-0.15, -0.1) is 11.3 Å². The fourth-order valence-electron chi connectivity index (χ4n) is 3.73. The normalized spacial score (nSPS) is 14.8. The third-order valence-corrected chi connectivity index (χ3v) is 6.31. The van der Waals surface area contributed by atoms with E-state index in [0.29, 0.717) is 24.0 Å². The van der Waals surface area contributed by atoms with Crippen molar-refractivity contribution < 1.29 is 4.79 Å². The highest BCUT2D eigenvalue weighted by Gasteiger charge is 2.27. The van der Waals surface area contributed by atoms with Crippen LogP contribution in [0.25, 0.3) is 10.1 Å². The van der Waals surface area contributed by atoms with Crippen LogP contribution in [-0.2, 0) is 7.05 Å². The third-order valence-electron chi connectivity index (χ3n) is 5.24. The average molecular weight is 382 g/mol. The number of aromatic nitrogens is 1. The molecule has 1 aliphatic heterocycles. The molecule has 6 heteroatoms. The number of hydrogen-bond acceptors (Lipinski definition) is 4. The monoisotopic (exact) mass is 381 g/mol. The molecule has 3 aromatic rings. The van der Waals surface area contributed by atoms with Crippen molar-refractivity contribution in [3.8, 4) is 0 Å². The van der Waals surface area contributed by atoms with Gasteiger partial charge in [-0.1, -0.05) is 12.1 Å². The van der Waals surface area contributed by atoms with E-state index in [0.717, 1.165) is 22.7 Å². The second kappa shape index (κ2) is 6.85. The molecule has 1 saturated heterocycles. The summed E-state index contributed by atoms with van der Waals surface area (Å²) in [6, 6.07) is 10.4. The standard InChI is InChI=1S/C21H23N3O2S/c1-14-5-4-6-16(13-14)23-9-11-24(12-10-23)21(26)18-15(2)27-17-7-8-22(3)20(25)19(17)18/h4-8,13H,9-12H2,1-3H3. The molecule has 2 aromatic heterocycles. The number of rotatable bonds is 2. The van der Waals surface area contributed by atoms with Crippen LogP contribution in [0, 0.1) is 13.8 Å². The second-order valence-electron chi connectivity index (χ2n) is 7.12. The van der Waals surface area contributed by atoms with Crippen molar-refractivity contribution >= 4 is 33.0 Å². The van der Waals surface area contributed by atoms with Crippen molar-refractivity contribution in [1.82, 2.24) is 9.47 Å². The first-order chi connectivity index (χ1) is 13.0. The molecule has 0 bridgehead atoms. The number of aryl methyl sites for hydroxylation is 3. The Morgan fingerprint density at radius 1 is 1.07 bits per heavy atom. The summed E-state index contributed by atoms with van der Waals surface area (Å²) in [5, 5.41) is 0.564. The summed E-state index contributed by atoms with van der Waals surface area (Å²) in [6.45, 7) is 6.95. The Labute approximate surface area is 162 Å². The molecule has 0 aliphatic carbocycles. The Bertz CT molecular complexity index is 1070. The van der Waals surface area contributed by atoms with Crippen LogP contribution in [0.4, 0.5) is 5.69 Å². The molecular formula is C21H23N3O2S. The van der Waals surface area contributed by atoms with E-state index >= 15 is 0 Å². The Balaban J connectivity index is 1.59. The minimum atomic E-state index is -0.0985. The van der Waals surface area contributed by atoms with Gasteiger partial charge in [0.25, 0.3) is 11.5 Å². The van der Waals surface area contributed by atoms with Gasteiger partial charge >= 0.3 is 0 Å². The highest BCUT2D eigenvalue weighted by Crippen LogP contribution is 2.30. The highest BCUT2D eigenvalue weighted by atomic mass is 32.1. The van der Waals surface area contributed by atoms with Crippen molar-refractivity contribution in [3.63, 3.8) is 0 Å². The number of piperazine rings is 1. The number of fused-ring (bicyclic) bond motifs is 1. The van der Waals surface area contributed by atoms with Crippen LogP contribution in [0.1, 0.15) is 20.8 Å². The van der Waals surface area contributed by atoms with E-state index in [-0.39, 0.29) is 11.5 Å². The fraction of sp³-hybridized carbons (Fsp3) is 0.333. The molecule has 3 heterocycles. The number of amides is 1. The van der Waals surface area contributed by atoms with Crippen LogP contribution >= 0.6 is 11.3 Å². The molecule has 0 unspecified atom stereocenters. The summed E-state index contributed by atoms with van der Waals surface area (Å²) >= 11 is 1.52. The lowest BCUT2D eigenvalue weighted by molar-refractivity contribution is 0.0748. The number of pyridine rings is 1. The largest absolute Gasteiger partial charge is 0.368 e.